The van der Waals surface area contributed by atoms with Gasteiger partial charge in [0.1, 0.15) is 16.3 Å². The maximum Gasteiger partial charge on any atom is 0.348 e. The van der Waals surface area contributed by atoms with Crippen LogP contribution < -0.4 is 5.56 Å². The Morgan fingerprint density at radius 2 is 1.82 bits per heavy atom. The highest BCUT2D eigenvalue weighted by Crippen LogP contribution is 2.27. The summed E-state index contributed by atoms with van der Waals surface area (Å²) in [6, 6.07) is 0. The molecule has 7 nitrogen and oxygen atoms in total. The molecule has 0 bridgehead atoms. The maximum atomic E-state index is 13.0. The van der Waals surface area contributed by atoms with E-state index in [-0.39, 0.29) is 24.6 Å². The molecular formula is C20H29N3O4S. The first kappa shape index (κ1) is 22.1. The Morgan fingerprint density at radius 3 is 2.36 bits per heavy atom. The summed E-state index contributed by atoms with van der Waals surface area (Å²) < 4.78 is 6.38. The number of fused-ring (bicyclic) bond motifs is 1. The molecule has 0 N–H and O–H groups in total. The first-order valence-corrected chi connectivity index (χ1v) is 10.4. The fourth-order valence-corrected chi connectivity index (χ4v) is 4.10. The molecule has 2 rings (SSSR count). The molecule has 0 aromatic carbocycles. The Kier molecular flexibility index (Phi) is 7.35. The summed E-state index contributed by atoms with van der Waals surface area (Å²) in [5.74, 6) is 0.117. The predicted octanol–water partition coefficient (Wildman–Crippen LogP) is 3.08. The van der Waals surface area contributed by atoms with Crippen LogP contribution in [0.3, 0.4) is 0 Å². The number of aryl methyl sites for hydroxylation is 1. The van der Waals surface area contributed by atoms with Crippen molar-refractivity contribution in [1.82, 2.24) is 14.5 Å². The summed E-state index contributed by atoms with van der Waals surface area (Å²) >= 11 is 1.14. The normalized spacial score (nSPS) is 11.4. The smallest absolute Gasteiger partial charge is 0.348 e. The van der Waals surface area contributed by atoms with Crippen LogP contribution in [0.15, 0.2) is 11.1 Å². The van der Waals surface area contributed by atoms with E-state index >= 15 is 0 Å². The van der Waals surface area contributed by atoms with E-state index in [2.05, 4.69) is 32.7 Å². The van der Waals surface area contributed by atoms with E-state index in [0.29, 0.717) is 45.6 Å². The summed E-state index contributed by atoms with van der Waals surface area (Å²) in [5.41, 5.74) is 0.246. The Balaban J connectivity index is 2.36. The molecule has 0 saturated carbocycles. The van der Waals surface area contributed by atoms with Crippen molar-refractivity contribution in [2.24, 2.45) is 11.8 Å². The van der Waals surface area contributed by atoms with Gasteiger partial charge < -0.3 is 9.64 Å². The van der Waals surface area contributed by atoms with Gasteiger partial charge in [0.05, 0.1) is 18.3 Å². The maximum absolute atomic E-state index is 13.0. The number of carbonyl (C=O) groups excluding carboxylic acids is 2. The number of nitrogens with zero attached hydrogens (tertiary/aromatic N) is 3. The Morgan fingerprint density at radius 1 is 1.21 bits per heavy atom. The number of carbonyl (C=O) groups is 2. The lowest BCUT2D eigenvalue weighted by Gasteiger charge is -2.26. The van der Waals surface area contributed by atoms with Crippen LogP contribution in [0.4, 0.5) is 0 Å². The SMILES string of the molecule is CCOC(=O)c1sc2ncn(CC(=O)N(CC(C)C)CC(C)C)c(=O)c2c1C. The molecule has 0 spiro atoms. The highest BCUT2D eigenvalue weighted by molar-refractivity contribution is 7.20. The van der Waals surface area contributed by atoms with E-state index in [1.54, 1.807) is 18.7 Å². The molecule has 0 fully saturated rings. The molecule has 2 heterocycles. The molecular weight excluding hydrogens is 378 g/mol. The standard InChI is InChI=1S/C20H29N3O4S/c1-7-27-20(26)17-14(6)16-18(28-17)21-11-23(19(16)25)10-15(24)22(8-12(2)3)9-13(4)5/h11-13H,7-10H2,1-6H3. The summed E-state index contributed by atoms with van der Waals surface area (Å²) in [7, 11) is 0. The first-order valence-electron chi connectivity index (χ1n) is 9.59. The van der Waals surface area contributed by atoms with Crippen LogP contribution in [0.5, 0.6) is 0 Å². The van der Waals surface area contributed by atoms with Gasteiger partial charge in [-0.25, -0.2) is 9.78 Å². The lowest BCUT2D eigenvalue weighted by atomic mass is 10.1. The van der Waals surface area contributed by atoms with Crippen LogP contribution in [0.25, 0.3) is 10.2 Å². The van der Waals surface area contributed by atoms with Crippen LogP contribution in [0, 0.1) is 18.8 Å². The molecule has 0 saturated heterocycles. The summed E-state index contributed by atoms with van der Waals surface area (Å²) in [6.07, 6.45) is 1.39. The highest BCUT2D eigenvalue weighted by Gasteiger charge is 2.22. The third-order valence-electron chi connectivity index (χ3n) is 4.21. The number of hydrogen-bond donors (Lipinski definition) is 0. The number of hydrogen-bond acceptors (Lipinski definition) is 6. The summed E-state index contributed by atoms with van der Waals surface area (Å²) in [6.45, 7) is 13.2. The van der Waals surface area contributed by atoms with E-state index in [9.17, 15) is 14.4 Å². The van der Waals surface area contributed by atoms with Crippen molar-refractivity contribution in [2.75, 3.05) is 19.7 Å². The zero-order chi connectivity index (χ0) is 21.0. The number of thiophene rings is 1. The Labute approximate surface area is 169 Å². The molecule has 2 aromatic rings. The van der Waals surface area contributed by atoms with Gasteiger partial charge in [-0.05, 0) is 31.2 Å². The second kappa shape index (κ2) is 9.32. The topological polar surface area (TPSA) is 81.5 Å². The van der Waals surface area contributed by atoms with Crippen LogP contribution >= 0.6 is 11.3 Å². The molecule has 1 amide bonds. The molecule has 28 heavy (non-hydrogen) atoms. The van der Waals surface area contributed by atoms with Crippen molar-refractivity contribution in [3.8, 4) is 0 Å². The number of amides is 1. The van der Waals surface area contributed by atoms with Crippen LogP contribution in [0.1, 0.15) is 49.9 Å². The van der Waals surface area contributed by atoms with E-state index < -0.39 is 5.97 Å². The van der Waals surface area contributed by atoms with Crippen molar-refractivity contribution in [1.29, 1.82) is 0 Å². The van der Waals surface area contributed by atoms with Gasteiger partial charge in [0.25, 0.3) is 5.56 Å². The largest absolute Gasteiger partial charge is 0.462 e. The fraction of sp³-hybridized carbons (Fsp3) is 0.600. The highest BCUT2D eigenvalue weighted by atomic mass is 32.1. The van der Waals surface area contributed by atoms with E-state index in [4.69, 9.17) is 4.74 Å². The van der Waals surface area contributed by atoms with Crippen molar-refractivity contribution >= 4 is 33.4 Å². The second-order valence-corrected chi connectivity index (χ2v) is 8.72. The minimum absolute atomic E-state index is 0.0642. The van der Waals surface area contributed by atoms with Crippen LogP contribution in [-0.4, -0.2) is 46.0 Å². The predicted molar refractivity (Wildman–Crippen MR) is 111 cm³/mol. The van der Waals surface area contributed by atoms with E-state index in [0.717, 1.165) is 11.3 Å². The van der Waals surface area contributed by atoms with Crippen molar-refractivity contribution in [3.63, 3.8) is 0 Å². The average Bonchev–Trinajstić information content (AvgIpc) is 2.93. The molecule has 0 atom stereocenters. The molecule has 0 aliphatic heterocycles. The van der Waals surface area contributed by atoms with Gasteiger partial charge >= 0.3 is 5.97 Å². The average molecular weight is 408 g/mol. The first-order chi connectivity index (χ1) is 13.1. The lowest BCUT2D eigenvalue weighted by Crippen LogP contribution is -2.40. The lowest BCUT2D eigenvalue weighted by molar-refractivity contribution is -0.133. The molecule has 0 radical (unpaired) electrons. The number of aromatic nitrogens is 2. The zero-order valence-electron chi connectivity index (χ0n) is 17.4. The summed E-state index contributed by atoms with van der Waals surface area (Å²) in [5, 5.41) is 0.377. The molecule has 0 unspecified atom stereocenters. The molecule has 2 aromatic heterocycles. The van der Waals surface area contributed by atoms with Crippen LogP contribution in [-0.2, 0) is 16.1 Å². The number of ether oxygens (including phenoxy) is 1. The van der Waals surface area contributed by atoms with E-state index in [1.165, 1.54) is 10.9 Å². The Bertz CT molecular complexity index is 904. The van der Waals surface area contributed by atoms with Crippen molar-refractivity contribution in [2.45, 2.75) is 48.1 Å². The van der Waals surface area contributed by atoms with Crippen LogP contribution in [0.2, 0.25) is 0 Å². The molecule has 154 valence electrons. The second-order valence-electron chi connectivity index (χ2n) is 7.72. The van der Waals surface area contributed by atoms with Gasteiger partial charge in [-0.3, -0.25) is 14.2 Å². The molecule has 0 aliphatic rings. The van der Waals surface area contributed by atoms with E-state index in [1.807, 2.05) is 0 Å². The van der Waals surface area contributed by atoms with Gasteiger partial charge in [-0.15, -0.1) is 11.3 Å². The zero-order valence-corrected chi connectivity index (χ0v) is 18.3. The monoisotopic (exact) mass is 407 g/mol. The molecule has 0 aliphatic carbocycles. The quantitative estimate of drug-likeness (QED) is 0.628. The fourth-order valence-electron chi connectivity index (χ4n) is 3.07. The number of esters is 1. The van der Waals surface area contributed by atoms with Gasteiger partial charge in [-0.1, -0.05) is 27.7 Å². The van der Waals surface area contributed by atoms with Gasteiger partial charge in [-0.2, -0.15) is 0 Å². The summed E-state index contributed by atoms with van der Waals surface area (Å²) in [4.78, 5) is 44.8. The van der Waals surface area contributed by atoms with Gasteiger partial charge in [0.2, 0.25) is 5.91 Å². The minimum atomic E-state index is -0.454. The third-order valence-corrected chi connectivity index (χ3v) is 5.39. The van der Waals surface area contributed by atoms with Gasteiger partial charge in [0, 0.05) is 13.1 Å². The number of rotatable bonds is 8. The third kappa shape index (κ3) is 4.98. The van der Waals surface area contributed by atoms with Crippen molar-refractivity contribution in [3.05, 3.63) is 27.1 Å². The van der Waals surface area contributed by atoms with Crippen molar-refractivity contribution < 1.29 is 14.3 Å². The minimum Gasteiger partial charge on any atom is -0.462 e. The van der Waals surface area contributed by atoms with Gasteiger partial charge in [0.15, 0.2) is 0 Å². The Hall–Kier alpha value is -2.22. The molecule has 8 heteroatoms.